The molecule has 138 valence electrons. The molecule has 0 saturated heterocycles. The largest absolute Gasteiger partial charge is 0.493 e. The summed E-state index contributed by atoms with van der Waals surface area (Å²) in [6, 6.07) is 11.2. The zero-order chi connectivity index (χ0) is 18.5. The molecule has 3 rings (SSSR count). The van der Waals surface area contributed by atoms with Crippen molar-refractivity contribution >= 4 is 5.97 Å². The molecule has 0 saturated carbocycles. The minimum Gasteiger partial charge on any atom is -0.493 e. The fourth-order valence-corrected chi connectivity index (χ4v) is 3.21. The molecule has 26 heavy (non-hydrogen) atoms. The molecule has 0 unspecified atom stereocenters. The average Bonchev–Trinajstić information content (AvgIpc) is 2.70. The lowest BCUT2D eigenvalue weighted by atomic mass is 9.94. The molecule has 2 aromatic carbocycles. The Kier molecular flexibility index (Phi) is 5.63. The number of nitrogens with two attached hydrogens (primary N) is 1. The normalized spacial score (nSPS) is 15.7. The summed E-state index contributed by atoms with van der Waals surface area (Å²) in [5, 5.41) is 2.27. The van der Waals surface area contributed by atoms with E-state index in [9.17, 15) is 4.79 Å². The highest BCUT2D eigenvalue weighted by Crippen LogP contribution is 2.33. The molecule has 0 aliphatic carbocycles. The van der Waals surface area contributed by atoms with Crippen LogP contribution in [0, 0.1) is 0 Å². The summed E-state index contributed by atoms with van der Waals surface area (Å²) < 4.78 is 21.5. The van der Waals surface area contributed by atoms with Gasteiger partial charge in [0.05, 0.1) is 33.4 Å². The molecule has 0 amide bonds. The van der Waals surface area contributed by atoms with Crippen LogP contribution in [0.4, 0.5) is 0 Å². The van der Waals surface area contributed by atoms with Crippen molar-refractivity contribution in [1.29, 1.82) is 0 Å². The Labute approximate surface area is 153 Å². The number of ether oxygens (including phenoxy) is 4. The summed E-state index contributed by atoms with van der Waals surface area (Å²) in [4.78, 5) is 11.5. The number of hydrogen-bond donors (Lipinski definition) is 1. The van der Waals surface area contributed by atoms with Crippen LogP contribution in [0.3, 0.4) is 0 Å². The lowest BCUT2D eigenvalue weighted by Crippen LogP contribution is -2.88. The van der Waals surface area contributed by atoms with Crippen LogP contribution in [0.5, 0.6) is 17.2 Å². The second kappa shape index (κ2) is 8.10. The molecule has 0 fully saturated rings. The number of carbonyl (C=O) groups excluding carboxylic acids is 1. The summed E-state index contributed by atoms with van der Waals surface area (Å²) in [6.45, 7) is 1.53. The Morgan fingerprint density at radius 1 is 1.08 bits per heavy atom. The van der Waals surface area contributed by atoms with Crippen LogP contribution in [-0.2, 0) is 11.2 Å². The number of benzene rings is 2. The van der Waals surface area contributed by atoms with Crippen LogP contribution in [0.2, 0.25) is 0 Å². The van der Waals surface area contributed by atoms with Crippen LogP contribution in [0.25, 0.3) is 0 Å². The second-order valence-electron chi connectivity index (χ2n) is 6.11. The van der Waals surface area contributed by atoms with Crippen molar-refractivity contribution in [2.75, 3.05) is 34.5 Å². The Hall–Kier alpha value is -2.73. The summed E-state index contributed by atoms with van der Waals surface area (Å²) >= 11 is 0. The van der Waals surface area contributed by atoms with Crippen molar-refractivity contribution in [3.05, 3.63) is 53.1 Å². The Bertz CT molecular complexity index is 773. The molecule has 1 aliphatic rings. The highest BCUT2D eigenvalue weighted by Gasteiger charge is 2.26. The molecular weight excluding hydrogens is 334 g/mol. The Morgan fingerprint density at radius 2 is 1.77 bits per heavy atom. The van der Waals surface area contributed by atoms with Crippen molar-refractivity contribution < 1.29 is 29.1 Å². The fourth-order valence-electron chi connectivity index (χ4n) is 3.21. The number of carbonyl (C=O) groups is 1. The standard InChI is InChI=1S/C20H23NO5/c1-23-18-10-14-8-9-21-17(16(14)11-19(18)24-2)12-26-15-6-4-13(5-7-15)20(22)25-3/h4-7,10-11,17,21H,8-9,12H2,1-3H3/p+1/t17-/m0/s1. The average molecular weight is 358 g/mol. The monoisotopic (exact) mass is 358 g/mol. The first-order valence-electron chi connectivity index (χ1n) is 8.55. The summed E-state index contributed by atoms with van der Waals surface area (Å²) in [7, 11) is 4.66. The maximum Gasteiger partial charge on any atom is 0.337 e. The van der Waals surface area contributed by atoms with E-state index < -0.39 is 0 Å². The third kappa shape index (κ3) is 3.75. The molecular formula is C20H24NO5+. The minimum atomic E-state index is -0.355. The van der Waals surface area contributed by atoms with E-state index in [2.05, 4.69) is 11.4 Å². The number of fused-ring (bicyclic) bond motifs is 1. The highest BCUT2D eigenvalue weighted by molar-refractivity contribution is 5.89. The molecule has 0 spiro atoms. The van der Waals surface area contributed by atoms with Gasteiger partial charge in [-0.15, -0.1) is 0 Å². The first kappa shape index (κ1) is 18.1. The molecule has 2 aromatic rings. The first-order chi connectivity index (χ1) is 12.7. The van der Waals surface area contributed by atoms with Crippen molar-refractivity contribution in [1.82, 2.24) is 0 Å². The molecule has 6 heteroatoms. The van der Waals surface area contributed by atoms with Gasteiger partial charge in [-0.3, -0.25) is 0 Å². The van der Waals surface area contributed by atoms with Crippen molar-refractivity contribution in [2.24, 2.45) is 0 Å². The van der Waals surface area contributed by atoms with E-state index in [4.69, 9.17) is 18.9 Å². The number of quaternary nitrogens is 1. The maximum atomic E-state index is 11.5. The van der Waals surface area contributed by atoms with Crippen molar-refractivity contribution in [3.8, 4) is 17.2 Å². The summed E-state index contributed by atoms with van der Waals surface area (Å²) in [6.07, 6.45) is 0.986. The van der Waals surface area contributed by atoms with Gasteiger partial charge in [0.15, 0.2) is 11.5 Å². The Morgan fingerprint density at radius 3 is 2.42 bits per heavy atom. The second-order valence-corrected chi connectivity index (χ2v) is 6.11. The predicted molar refractivity (Wildman–Crippen MR) is 96.1 cm³/mol. The van der Waals surface area contributed by atoms with E-state index in [1.54, 1.807) is 38.5 Å². The fraction of sp³-hybridized carbons (Fsp3) is 0.350. The first-order valence-corrected chi connectivity index (χ1v) is 8.55. The zero-order valence-corrected chi connectivity index (χ0v) is 15.3. The number of esters is 1. The van der Waals surface area contributed by atoms with Crippen LogP contribution < -0.4 is 19.5 Å². The van der Waals surface area contributed by atoms with Gasteiger partial charge in [-0.2, -0.15) is 0 Å². The summed E-state index contributed by atoms with van der Waals surface area (Å²) in [5.74, 6) is 1.85. The summed E-state index contributed by atoms with van der Waals surface area (Å²) in [5.41, 5.74) is 2.98. The van der Waals surface area contributed by atoms with Crippen molar-refractivity contribution in [2.45, 2.75) is 12.5 Å². The van der Waals surface area contributed by atoms with E-state index in [1.165, 1.54) is 18.2 Å². The smallest absolute Gasteiger partial charge is 0.337 e. The quantitative estimate of drug-likeness (QED) is 0.797. The third-order valence-electron chi connectivity index (χ3n) is 4.61. The van der Waals surface area contributed by atoms with E-state index >= 15 is 0 Å². The van der Waals surface area contributed by atoms with Crippen molar-refractivity contribution in [3.63, 3.8) is 0 Å². The van der Waals surface area contributed by atoms with Gasteiger partial charge in [0, 0.05) is 12.0 Å². The molecule has 0 radical (unpaired) electrons. The molecule has 6 nitrogen and oxygen atoms in total. The predicted octanol–water partition coefficient (Wildman–Crippen LogP) is 1.73. The zero-order valence-electron chi connectivity index (χ0n) is 15.3. The number of hydrogen-bond acceptors (Lipinski definition) is 5. The minimum absolute atomic E-state index is 0.179. The highest BCUT2D eigenvalue weighted by atomic mass is 16.5. The van der Waals surface area contributed by atoms with Gasteiger partial charge in [-0.1, -0.05) is 0 Å². The van der Waals surface area contributed by atoms with Crippen LogP contribution in [-0.4, -0.2) is 40.5 Å². The maximum absolute atomic E-state index is 11.5. The van der Waals surface area contributed by atoms with Gasteiger partial charge in [0.25, 0.3) is 0 Å². The lowest BCUT2D eigenvalue weighted by Gasteiger charge is -2.25. The molecule has 0 bridgehead atoms. The van der Waals surface area contributed by atoms with Gasteiger partial charge in [0.2, 0.25) is 0 Å². The van der Waals surface area contributed by atoms with Gasteiger partial charge in [-0.05, 0) is 42.0 Å². The number of rotatable bonds is 6. The molecule has 1 heterocycles. The van der Waals surface area contributed by atoms with Crippen LogP contribution in [0.1, 0.15) is 27.5 Å². The molecule has 0 aromatic heterocycles. The third-order valence-corrected chi connectivity index (χ3v) is 4.61. The molecule has 1 aliphatic heterocycles. The Balaban J connectivity index is 1.73. The van der Waals surface area contributed by atoms with Gasteiger partial charge in [-0.25, -0.2) is 4.79 Å². The van der Waals surface area contributed by atoms with E-state index in [1.807, 2.05) is 6.07 Å². The van der Waals surface area contributed by atoms with Crippen LogP contribution >= 0.6 is 0 Å². The SMILES string of the molecule is COC(=O)c1ccc(OC[C@@H]2[NH2+]CCc3cc(OC)c(OC)cc32)cc1. The van der Waals surface area contributed by atoms with Gasteiger partial charge in [0.1, 0.15) is 18.4 Å². The van der Waals surface area contributed by atoms with E-state index in [-0.39, 0.29) is 12.0 Å². The lowest BCUT2D eigenvalue weighted by molar-refractivity contribution is -0.700. The van der Waals surface area contributed by atoms with E-state index in [0.717, 1.165) is 30.2 Å². The van der Waals surface area contributed by atoms with Gasteiger partial charge >= 0.3 is 5.97 Å². The van der Waals surface area contributed by atoms with Gasteiger partial charge < -0.3 is 24.3 Å². The molecule has 1 atom stereocenters. The number of methoxy groups -OCH3 is 3. The molecule has 2 N–H and O–H groups in total. The topological polar surface area (TPSA) is 70.6 Å². The van der Waals surface area contributed by atoms with Crippen LogP contribution in [0.15, 0.2) is 36.4 Å². The van der Waals surface area contributed by atoms with E-state index in [0.29, 0.717) is 12.2 Å².